The van der Waals surface area contributed by atoms with Crippen molar-refractivity contribution in [1.82, 2.24) is 0 Å². The Bertz CT molecular complexity index is 612. The third-order valence-corrected chi connectivity index (χ3v) is 3.17. The normalized spacial score (nSPS) is 10.2. The van der Waals surface area contributed by atoms with Crippen LogP contribution in [0.5, 0.6) is 0 Å². The van der Waals surface area contributed by atoms with E-state index in [0.29, 0.717) is 22.9 Å². The Balaban J connectivity index is 2.02. The molecule has 20 heavy (non-hydrogen) atoms. The van der Waals surface area contributed by atoms with Crippen molar-refractivity contribution < 1.29 is 9.90 Å². The van der Waals surface area contributed by atoms with E-state index < -0.39 is 5.97 Å². The van der Waals surface area contributed by atoms with Crippen LogP contribution in [0.1, 0.15) is 15.9 Å². The highest BCUT2D eigenvalue weighted by molar-refractivity contribution is 6.30. The highest BCUT2D eigenvalue weighted by atomic mass is 35.5. The van der Waals surface area contributed by atoms with E-state index in [1.807, 2.05) is 24.3 Å². The molecule has 2 aromatic rings. The first-order valence-corrected chi connectivity index (χ1v) is 6.55. The zero-order valence-corrected chi connectivity index (χ0v) is 11.5. The van der Waals surface area contributed by atoms with Gasteiger partial charge in [-0.05, 0) is 42.3 Å². The predicted octanol–water partition coefficient (Wildman–Crippen LogP) is 3.28. The van der Waals surface area contributed by atoms with Crippen LogP contribution in [0.4, 0.5) is 11.4 Å². The molecule has 0 radical (unpaired) electrons. The summed E-state index contributed by atoms with van der Waals surface area (Å²) in [5, 5.41) is 12.9. The molecule has 0 aliphatic rings. The van der Waals surface area contributed by atoms with Gasteiger partial charge in [0.05, 0.1) is 11.3 Å². The van der Waals surface area contributed by atoms with Gasteiger partial charge < -0.3 is 16.2 Å². The number of nitrogen functional groups attached to an aromatic ring is 1. The van der Waals surface area contributed by atoms with E-state index in [4.69, 9.17) is 22.4 Å². The van der Waals surface area contributed by atoms with E-state index >= 15 is 0 Å². The molecule has 5 heteroatoms. The Labute approximate surface area is 122 Å². The first-order valence-electron chi connectivity index (χ1n) is 6.17. The van der Waals surface area contributed by atoms with Crippen LogP contribution in [0.3, 0.4) is 0 Å². The molecule has 0 aliphatic heterocycles. The fraction of sp³-hybridized carbons (Fsp3) is 0.133. The fourth-order valence-corrected chi connectivity index (χ4v) is 2.01. The maximum atomic E-state index is 11.1. The largest absolute Gasteiger partial charge is 0.478 e. The van der Waals surface area contributed by atoms with Crippen LogP contribution < -0.4 is 11.1 Å². The minimum absolute atomic E-state index is 0.218. The van der Waals surface area contributed by atoms with Crippen molar-refractivity contribution >= 4 is 28.9 Å². The van der Waals surface area contributed by atoms with Crippen molar-refractivity contribution in [3.05, 3.63) is 58.6 Å². The second kappa shape index (κ2) is 6.30. The van der Waals surface area contributed by atoms with Crippen LogP contribution in [-0.4, -0.2) is 17.6 Å². The van der Waals surface area contributed by atoms with Gasteiger partial charge in [0.25, 0.3) is 0 Å². The Morgan fingerprint density at radius 3 is 2.55 bits per heavy atom. The molecular weight excluding hydrogens is 276 g/mol. The van der Waals surface area contributed by atoms with Gasteiger partial charge in [0.2, 0.25) is 0 Å². The molecule has 104 valence electrons. The molecule has 0 spiro atoms. The summed E-state index contributed by atoms with van der Waals surface area (Å²) in [5.74, 6) is -0.973. The molecule has 0 saturated heterocycles. The van der Waals surface area contributed by atoms with E-state index in [1.54, 1.807) is 12.1 Å². The molecule has 0 amide bonds. The van der Waals surface area contributed by atoms with Crippen molar-refractivity contribution in [3.63, 3.8) is 0 Å². The zero-order chi connectivity index (χ0) is 14.5. The lowest BCUT2D eigenvalue weighted by atomic mass is 10.1. The van der Waals surface area contributed by atoms with E-state index in [0.717, 1.165) is 12.0 Å². The van der Waals surface area contributed by atoms with Gasteiger partial charge in [-0.15, -0.1) is 0 Å². The number of carboxylic acids is 1. The van der Waals surface area contributed by atoms with Crippen molar-refractivity contribution in [2.75, 3.05) is 17.6 Å². The number of hydrogen-bond acceptors (Lipinski definition) is 3. The Kier molecular flexibility index (Phi) is 4.48. The minimum Gasteiger partial charge on any atom is -0.478 e. The molecule has 4 nitrogen and oxygen atoms in total. The number of nitrogens with two attached hydrogens (primary N) is 1. The summed E-state index contributed by atoms with van der Waals surface area (Å²) >= 11 is 5.82. The summed E-state index contributed by atoms with van der Waals surface area (Å²) in [7, 11) is 0. The maximum Gasteiger partial charge on any atom is 0.337 e. The van der Waals surface area contributed by atoms with E-state index in [1.165, 1.54) is 6.07 Å². The maximum absolute atomic E-state index is 11.1. The average Bonchev–Trinajstić information content (AvgIpc) is 2.41. The second-order valence-electron chi connectivity index (χ2n) is 4.41. The van der Waals surface area contributed by atoms with Gasteiger partial charge in [0.15, 0.2) is 0 Å². The standard InChI is InChI=1S/C15H15ClN2O2/c16-11-3-1-10(2-4-11)7-8-18-14-9-12(17)5-6-13(14)15(19)20/h1-6,9,18H,7-8,17H2,(H,19,20). The fourth-order valence-electron chi connectivity index (χ4n) is 1.89. The molecule has 2 rings (SSSR count). The zero-order valence-electron chi connectivity index (χ0n) is 10.8. The first-order chi connectivity index (χ1) is 9.56. The monoisotopic (exact) mass is 290 g/mol. The summed E-state index contributed by atoms with van der Waals surface area (Å²) in [6, 6.07) is 12.3. The van der Waals surface area contributed by atoms with Crippen LogP contribution in [0.2, 0.25) is 5.02 Å². The van der Waals surface area contributed by atoms with E-state index in [9.17, 15) is 4.79 Å². The second-order valence-corrected chi connectivity index (χ2v) is 4.85. The highest BCUT2D eigenvalue weighted by Gasteiger charge is 2.09. The van der Waals surface area contributed by atoms with Gasteiger partial charge in [0, 0.05) is 17.3 Å². The molecule has 0 bridgehead atoms. The van der Waals surface area contributed by atoms with Gasteiger partial charge in [-0.1, -0.05) is 23.7 Å². The number of nitrogens with one attached hydrogen (secondary N) is 1. The summed E-state index contributed by atoms with van der Waals surface area (Å²) in [6.07, 6.45) is 0.769. The summed E-state index contributed by atoms with van der Waals surface area (Å²) in [5.41, 5.74) is 8.09. The van der Waals surface area contributed by atoms with Crippen LogP contribution in [0, 0.1) is 0 Å². The highest BCUT2D eigenvalue weighted by Crippen LogP contribution is 2.19. The lowest BCUT2D eigenvalue weighted by molar-refractivity contribution is 0.0698. The Morgan fingerprint density at radius 2 is 1.90 bits per heavy atom. The number of halogens is 1. The van der Waals surface area contributed by atoms with E-state index in [2.05, 4.69) is 5.32 Å². The van der Waals surface area contributed by atoms with Gasteiger partial charge in [-0.2, -0.15) is 0 Å². The Morgan fingerprint density at radius 1 is 1.20 bits per heavy atom. The molecule has 4 N–H and O–H groups in total. The molecule has 0 atom stereocenters. The van der Waals surface area contributed by atoms with Crippen molar-refractivity contribution in [3.8, 4) is 0 Å². The number of carboxylic acid groups (broad SMARTS) is 1. The Hall–Kier alpha value is -2.20. The van der Waals surface area contributed by atoms with Gasteiger partial charge >= 0.3 is 5.97 Å². The summed E-state index contributed by atoms with van der Waals surface area (Å²) < 4.78 is 0. The van der Waals surface area contributed by atoms with Crippen LogP contribution >= 0.6 is 11.6 Å². The molecule has 0 fully saturated rings. The topological polar surface area (TPSA) is 75.4 Å². The van der Waals surface area contributed by atoms with Crippen molar-refractivity contribution in [1.29, 1.82) is 0 Å². The van der Waals surface area contributed by atoms with Crippen molar-refractivity contribution in [2.24, 2.45) is 0 Å². The van der Waals surface area contributed by atoms with Gasteiger partial charge in [-0.25, -0.2) is 4.79 Å². The number of benzene rings is 2. The quantitative estimate of drug-likeness (QED) is 0.739. The smallest absolute Gasteiger partial charge is 0.337 e. The average molecular weight is 291 g/mol. The van der Waals surface area contributed by atoms with Gasteiger partial charge in [0.1, 0.15) is 0 Å². The molecule has 0 aromatic heterocycles. The third-order valence-electron chi connectivity index (χ3n) is 2.92. The van der Waals surface area contributed by atoms with Gasteiger partial charge in [-0.3, -0.25) is 0 Å². The number of hydrogen-bond donors (Lipinski definition) is 3. The first kappa shape index (κ1) is 14.2. The summed E-state index contributed by atoms with van der Waals surface area (Å²) in [6.45, 7) is 0.616. The van der Waals surface area contributed by atoms with Crippen molar-refractivity contribution in [2.45, 2.75) is 6.42 Å². The van der Waals surface area contributed by atoms with Crippen LogP contribution in [0.25, 0.3) is 0 Å². The molecule has 2 aromatic carbocycles. The molecular formula is C15H15ClN2O2. The minimum atomic E-state index is -0.973. The number of rotatable bonds is 5. The lowest BCUT2D eigenvalue weighted by Gasteiger charge is -2.10. The predicted molar refractivity (Wildman–Crippen MR) is 81.5 cm³/mol. The molecule has 0 aliphatic carbocycles. The van der Waals surface area contributed by atoms with Crippen LogP contribution in [-0.2, 0) is 6.42 Å². The SMILES string of the molecule is Nc1ccc(C(=O)O)c(NCCc2ccc(Cl)cc2)c1. The molecule has 0 unspecified atom stereocenters. The van der Waals surface area contributed by atoms with Crippen LogP contribution in [0.15, 0.2) is 42.5 Å². The lowest BCUT2D eigenvalue weighted by Crippen LogP contribution is -2.10. The van der Waals surface area contributed by atoms with E-state index in [-0.39, 0.29) is 5.56 Å². The molecule has 0 saturated carbocycles. The number of carbonyl (C=O) groups is 1. The summed E-state index contributed by atoms with van der Waals surface area (Å²) in [4.78, 5) is 11.1. The number of anilines is 2. The molecule has 0 heterocycles. The number of aromatic carboxylic acids is 1. The third kappa shape index (κ3) is 3.65.